The second-order valence-electron chi connectivity index (χ2n) is 9.17. The number of hydrogen-bond acceptors (Lipinski definition) is 7. The first-order valence-electron chi connectivity index (χ1n) is 12.0. The third-order valence-corrected chi connectivity index (χ3v) is 6.76. The van der Waals surface area contributed by atoms with Gasteiger partial charge in [0.05, 0.1) is 37.8 Å². The van der Waals surface area contributed by atoms with E-state index >= 15 is 0 Å². The summed E-state index contributed by atoms with van der Waals surface area (Å²) < 4.78 is 23.6. The summed E-state index contributed by atoms with van der Waals surface area (Å²) in [5.74, 6) is 0.817. The number of halogens is 1. The molecule has 0 spiro atoms. The van der Waals surface area contributed by atoms with Gasteiger partial charge in [0.1, 0.15) is 17.2 Å². The maximum Gasteiger partial charge on any atom is 0.318 e. The Labute approximate surface area is 202 Å². The molecular formula is C25H27FN8O. The van der Waals surface area contributed by atoms with Crippen LogP contribution in [0.5, 0.6) is 6.01 Å². The van der Waals surface area contributed by atoms with E-state index in [0.717, 1.165) is 25.2 Å². The lowest BCUT2D eigenvalue weighted by Crippen LogP contribution is -2.37. The number of aryl methyl sites for hydroxylation is 1. The smallest absolute Gasteiger partial charge is 0.318 e. The van der Waals surface area contributed by atoms with Crippen molar-refractivity contribution in [1.29, 1.82) is 0 Å². The zero-order chi connectivity index (χ0) is 23.9. The van der Waals surface area contributed by atoms with Gasteiger partial charge in [0, 0.05) is 42.8 Å². The zero-order valence-electron chi connectivity index (χ0n) is 19.9. The van der Waals surface area contributed by atoms with Crippen molar-refractivity contribution in [3.05, 3.63) is 59.7 Å². The van der Waals surface area contributed by atoms with Gasteiger partial charge in [0.15, 0.2) is 5.65 Å². The number of hydrogen-bond donors (Lipinski definition) is 0. The zero-order valence-corrected chi connectivity index (χ0v) is 19.9. The van der Waals surface area contributed by atoms with Crippen LogP contribution in [0.15, 0.2) is 42.6 Å². The minimum Gasteiger partial charge on any atom is -0.464 e. The summed E-state index contributed by atoms with van der Waals surface area (Å²) in [7, 11) is 0. The van der Waals surface area contributed by atoms with Crippen LogP contribution in [0.1, 0.15) is 31.0 Å². The maximum atomic E-state index is 14.0. The van der Waals surface area contributed by atoms with Gasteiger partial charge in [0.2, 0.25) is 0 Å². The first-order valence-corrected chi connectivity index (χ1v) is 12.0. The highest BCUT2D eigenvalue weighted by Gasteiger charge is 2.27. The molecule has 35 heavy (non-hydrogen) atoms. The summed E-state index contributed by atoms with van der Waals surface area (Å²) >= 11 is 0. The van der Waals surface area contributed by atoms with Gasteiger partial charge >= 0.3 is 6.01 Å². The monoisotopic (exact) mass is 474 g/mol. The molecule has 1 saturated heterocycles. The van der Waals surface area contributed by atoms with Gasteiger partial charge < -0.3 is 14.2 Å². The quantitative estimate of drug-likeness (QED) is 0.405. The van der Waals surface area contributed by atoms with Crippen LogP contribution >= 0.6 is 0 Å². The van der Waals surface area contributed by atoms with Crippen LogP contribution in [0.4, 0.5) is 4.39 Å². The predicted octanol–water partition coefficient (Wildman–Crippen LogP) is 3.59. The van der Waals surface area contributed by atoms with E-state index in [-0.39, 0.29) is 0 Å². The van der Waals surface area contributed by atoms with Crippen molar-refractivity contribution >= 4 is 11.2 Å². The van der Waals surface area contributed by atoms with Crippen molar-refractivity contribution in [2.45, 2.75) is 39.8 Å². The average Bonchev–Trinajstić information content (AvgIpc) is 3.45. The number of rotatable bonds is 7. The van der Waals surface area contributed by atoms with E-state index in [1.54, 1.807) is 6.20 Å². The number of aromatic nitrogens is 7. The summed E-state index contributed by atoms with van der Waals surface area (Å²) in [5, 5.41) is 4.63. The molecule has 2 bridgehead atoms. The number of pyridine rings is 1. The number of piperidine rings is 1. The Hall–Kier alpha value is -3.82. The number of allylic oxidation sites excluding steroid dienone is 1. The van der Waals surface area contributed by atoms with Crippen molar-refractivity contribution in [2.24, 2.45) is 5.92 Å². The average molecular weight is 475 g/mol. The number of ether oxygens (including phenoxy) is 1. The van der Waals surface area contributed by atoms with E-state index in [0.29, 0.717) is 53.3 Å². The number of imidazole rings is 1. The molecule has 0 saturated carbocycles. The number of fused-ring (bicyclic) bond motifs is 3. The van der Waals surface area contributed by atoms with E-state index in [9.17, 15) is 4.39 Å². The molecule has 10 heteroatoms. The van der Waals surface area contributed by atoms with Crippen molar-refractivity contribution in [3.63, 3.8) is 0 Å². The lowest BCUT2D eigenvalue weighted by atomic mass is 9.86. The highest BCUT2D eigenvalue weighted by molar-refractivity contribution is 5.79. The largest absolute Gasteiger partial charge is 0.464 e. The summed E-state index contributed by atoms with van der Waals surface area (Å²) in [6.07, 6.45) is 11.5. The van der Waals surface area contributed by atoms with Crippen molar-refractivity contribution in [2.75, 3.05) is 19.7 Å². The van der Waals surface area contributed by atoms with Crippen molar-refractivity contribution < 1.29 is 9.13 Å². The van der Waals surface area contributed by atoms with Gasteiger partial charge in [-0.2, -0.15) is 15.1 Å². The summed E-state index contributed by atoms with van der Waals surface area (Å²) in [6, 6.07) is 1.73. The van der Waals surface area contributed by atoms with E-state index in [4.69, 9.17) is 9.72 Å². The summed E-state index contributed by atoms with van der Waals surface area (Å²) in [4.78, 5) is 20.3. The lowest BCUT2D eigenvalue weighted by Gasteiger charge is -2.39. The van der Waals surface area contributed by atoms with Crippen molar-refractivity contribution in [1.82, 2.24) is 39.2 Å². The van der Waals surface area contributed by atoms with Gasteiger partial charge in [-0.1, -0.05) is 0 Å². The Balaban J connectivity index is 1.37. The molecule has 7 rings (SSSR count). The SMILES string of the molecule is CCOc1nc(C)c2nc(-c3cncc(F)c3)n(Cc3cnn(CC4=CN5CCC4CC5)c3)c2n1. The van der Waals surface area contributed by atoms with E-state index < -0.39 is 5.82 Å². The molecule has 0 amide bonds. The second kappa shape index (κ2) is 8.75. The van der Waals surface area contributed by atoms with Gasteiger partial charge in [-0.05, 0) is 44.2 Å². The van der Waals surface area contributed by atoms with E-state index in [1.807, 2.05) is 29.3 Å². The summed E-state index contributed by atoms with van der Waals surface area (Å²) in [5.41, 5.74) is 5.01. The Morgan fingerprint density at radius 1 is 1.09 bits per heavy atom. The van der Waals surface area contributed by atoms with E-state index in [2.05, 4.69) is 37.3 Å². The molecule has 0 atom stereocenters. The Morgan fingerprint density at radius 3 is 2.69 bits per heavy atom. The Bertz CT molecular complexity index is 1420. The van der Waals surface area contributed by atoms with Gasteiger partial charge in [-0.3, -0.25) is 9.67 Å². The van der Waals surface area contributed by atoms with Crippen LogP contribution in [0.2, 0.25) is 0 Å². The van der Waals surface area contributed by atoms with Crippen molar-refractivity contribution in [3.8, 4) is 17.4 Å². The molecule has 1 fully saturated rings. The summed E-state index contributed by atoms with van der Waals surface area (Å²) in [6.45, 7) is 7.81. The fraction of sp³-hybridized carbons (Fsp3) is 0.400. The van der Waals surface area contributed by atoms with Crippen LogP contribution in [0, 0.1) is 18.7 Å². The Kier molecular flexibility index (Phi) is 5.43. The molecule has 0 radical (unpaired) electrons. The third kappa shape index (κ3) is 4.13. The first-order chi connectivity index (χ1) is 17.1. The molecule has 3 aliphatic heterocycles. The third-order valence-electron chi connectivity index (χ3n) is 6.76. The minimum atomic E-state index is -0.419. The number of nitrogens with zero attached hydrogens (tertiary/aromatic N) is 8. The standard InChI is InChI=1S/C25H27FN8O/c1-3-35-25-29-16(2)22-24(31-25)34(23(30-22)19-8-21(26)11-27-10-19)13-17-9-28-33(12-17)15-20-14-32-6-4-18(20)5-7-32/h8-12,14,18H,3-7,13,15H2,1-2H3. The van der Waals surface area contributed by atoms with E-state index in [1.165, 1.54) is 30.7 Å². The normalized spacial score (nSPS) is 15.7. The van der Waals surface area contributed by atoms with Gasteiger partial charge in [-0.15, -0.1) is 0 Å². The van der Waals surface area contributed by atoms with Crippen LogP contribution < -0.4 is 4.74 Å². The fourth-order valence-electron chi connectivity index (χ4n) is 5.06. The van der Waals surface area contributed by atoms with Crippen LogP contribution in [0.25, 0.3) is 22.6 Å². The highest BCUT2D eigenvalue weighted by atomic mass is 19.1. The van der Waals surface area contributed by atoms with Crippen LogP contribution in [0.3, 0.4) is 0 Å². The van der Waals surface area contributed by atoms with Crippen LogP contribution in [-0.4, -0.2) is 58.9 Å². The highest BCUT2D eigenvalue weighted by Crippen LogP contribution is 2.32. The first kappa shape index (κ1) is 21.7. The molecule has 3 aliphatic rings. The molecule has 7 heterocycles. The molecule has 4 aromatic heterocycles. The fourth-order valence-corrected chi connectivity index (χ4v) is 5.06. The van der Waals surface area contributed by atoms with Crippen LogP contribution in [-0.2, 0) is 13.1 Å². The molecular weight excluding hydrogens is 447 g/mol. The molecule has 4 aromatic rings. The lowest BCUT2D eigenvalue weighted by molar-refractivity contribution is 0.223. The predicted molar refractivity (Wildman–Crippen MR) is 128 cm³/mol. The molecule has 9 nitrogen and oxygen atoms in total. The molecule has 0 aliphatic carbocycles. The Morgan fingerprint density at radius 2 is 1.94 bits per heavy atom. The second-order valence-corrected chi connectivity index (χ2v) is 9.17. The van der Waals surface area contributed by atoms with Gasteiger partial charge in [0.25, 0.3) is 0 Å². The minimum absolute atomic E-state index is 0.299. The molecule has 0 unspecified atom stereocenters. The molecule has 0 N–H and O–H groups in total. The molecule has 180 valence electrons. The van der Waals surface area contributed by atoms with Gasteiger partial charge in [-0.25, -0.2) is 9.37 Å². The topological polar surface area (TPSA) is 86.8 Å². The molecule has 0 aromatic carbocycles. The maximum absolute atomic E-state index is 14.0.